The largest absolute Gasteiger partial charge is 0.495 e. The van der Waals surface area contributed by atoms with E-state index in [1.165, 1.54) is 13.2 Å². The second kappa shape index (κ2) is 9.57. The van der Waals surface area contributed by atoms with Crippen LogP contribution in [0.5, 0.6) is 5.75 Å². The van der Waals surface area contributed by atoms with Gasteiger partial charge in [0.05, 0.1) is 12.8 Å². The van der Waals surface area contributed by atoms with Crippen molar-refractivity contribution < 1.29 is 14.3 Å². The molecule has 3 rings (SSSR count). The molecule has 29 heavy (non-hydrogen) atoms. The molecule has 146 valence electrons. The first kappa shape index (κ1) is 20.2. The predicted octanol–water partition coefficient (Wildman–Crippen LogP) is 4.76. The third-order valence-corrected chi connectivity index (χ3v) is 4.43. The molecule has 0 aromatic heterocycles. The van der Waals surface area contributed by atoms with Gasteiger partial charge in [0.1, 0.15) is 11.4 Å². The molecule has 2 N–H and O–H groups in total. The lowest BCUT2D eigenvalue weighted by Crippen LogP contribution is -2.30. The first-order valence-corrected chi connectivity index (χ1v) is 9.23. The van der Waals surface area contributed by atoms with Gasteiger partial charge in [0.25, 0.3) is 11.8 Å². The number of para-hydroxylation sites is 2. The van der Waals surface area contributed by atoms with Crippen LogP contribution in [0.2, 0.25) is 5.02 Å². The van der Waals surface area contributed by atoms with Crippen LogP contribution < -0.4 is 15.4 Å². The lowest BCUT2D eigenvalue weighted by molar-refractivity contribution is -0.113. The van der Waals surface area contributed by atoms with Crippen LogP contribution in [0.1, 0.15) is 15.9 Å². The van der Waals surface area contributed by atoms with E-state index in [0.29, 0.717) is 27.6 Å². The highest BCUT2D eigenvalue weighted by Crippen LogP contribution is 2.24. The van der Waals surface area contributed by atoms with Gasteiger partial charge in [-0.05, 0) is 42.0 Å². The smallest absolute Gasteiger partial charge is 0.272 e. The Balaban J connectivity index is 1.93. The summed E-state index contributed by atoms with van der Waals surface area (Å²) in [4.78, 5) is 25.6. The normalized spacial score (nSPS) is 10.9. The van der Waals surface area contributed by atoms with E-state index in [1.807, 2.05) is 6.07 Å². The van der Waals surface area contributed by atoms with Gasteiger partial charge < -0.3 is 15.4 Å². The molecule has 3 aromatic carbocycles. The maximum Gasteiger partial charge on any atom is 0.272 e. The maximum absolute atomic E-state index is 13.0. The van der Waals surface area contributed by atoms with Gasteiger partial charge >= 0.3 is 0 Å². The Bertz CT molecular complexity index is 1050. The molecule has 2 amide bonds. The highest BCUT2D eigenvalue weighted by molar-refractivity contribution is 6.32. The molecule has 0 saturated heterocycles. The number of ether oxygens (including phenoxy) is 1. The average Bonchev–Trinajstić information content (AvgIpc) is 2.75. The Morgan fingerprint density at radius 1 is 0.897 bits per heavy atom. The highest BCUT2D eigenvalue weighted by atomic mass is 35.5. The molecule has 0 atom stereocenters. The molecule has 0 aliphatic carbocycles. The second-order valence-electron chi connectivity index (χ2n) is 6.05. The van der Waals surface area contributed by atoms with Crippen LogP contribution in [0.4, 0.5) is 5.69 Å². The number of halogens is 1. The van der Waals surface area contributed by atoms with E-state index in [9.17, 15) is 9.59 Å². The number of nitrogens with one attached hydrogen (secondary N) is 2. The van der Waals surface area contributed by atoms with Crippen molar-refractivity contribution in [2.45, 2.75) is 0 Å². The molecule has 0 radical (unpaired) electrons. The fourth-order valence-electron chi connectivity index (χ4n) is 2.63. The third kappa shape index (κ3) is 5.24. The topological polar surface area (TPSA) is 67.4 Å². The minimum atomic E-state index is -0.501. The quantitative estimate of drug-likeness (QED) is 0.580. The predicted molar refractivity (Wildman–Crippen MR) is 115 cm³/mol. The molecule has 0 saturated carbocycles. The summed E-state index contributed by atoms with van der Waals surface area (Å²) in [6.07, 6.45) is 1.54. The Labute approximate surface area is 174 Å². The number of benzene rings is 3. The van der Waals surface area contributed by atoms with Crippen LogP contribution in [0, 0.1) is 0 Å². The van der Waals surface area contributed by atoms with Crippen LogP contribution in [-0.2, 0) is 4.79 Å². The molecular weight excluding hydrogens is 388 g/mol. The van der Waals surface area contributed by atoms with Crippen LogP contribution in [0.15, 0.2) is 84.6 Å². The molecule has 0 aliphatic heterocycles. The molecular formula is C23H19ClN2O3. The summed E-state index contributed by atoms with van der Waals surface area (Å²) in [6, 6.07) is 22.7. The number of hydrogen-bond donors (Lipinski definition) is 2. The standard InChI is InChI=1S/C23H19ClN2O3/c1-29-21-14-8-7-13-19(21)25-23(28)20(15-17-11-5-6-12-18(17)24)26-22(27)16-9-3-2-4-10-16/h2-15H,1H3,(H,25,28)(H,26,27)/b20-15-. The minimum absolute atomic E-state index is 0.0536. The van der Waals surface area contributed by atoms with E-state index < -0.39 is 11.8 Å². The van der Waals surface area contributed by atoms with Crippen LogP contribution in [0.3, 0.4) is 0 Å². The summed E-state index contributed by atoms with van der Waals surface area (Å²) in [7, 11) is 1.52. The fourth-order valence-corrected chi connectivity index (χ4v) is 2.82. The molecule has 0 bridgehead atoms. The first-order chi connectivity index (χ1) is 14.1. The monoisotopic (exact) mass is 406 g/mol. The van der Waals surface area contributed by atoms with Crippen LogP contribution in [0.25, 0.3) is 6.08 Å². The molecule has 5 nitrogen and oxygen atoms in total. The molecule has 0 fully saturated rings. The van der Waals surface area contributed by atoms with Crippen molar-refractivity contribution in [3.8, 4) is 5.75 Å². The van der Waals surface area contributed by atoms with Gasteiger partial charge in [-0.25, -0.2) is 0 Å². The molecule has 0 unspecified atom stereocenters. The maximum atomic E-state index is 13.0. The Hall–Kier alpha value is -3.57. The summed E-state index contributed by atoms with van der Waals surface area (Å²) in [6.45, 7) is 0. The van der Waals surface area contributed by atoms with E-state index >= 15 is 0 Å². The SMILES string of the molecule is COc1ccccc1NC(=O)/C(=C/c1ccccc1Cl)NC(=O)c1ccccc1. The van der Waals surface area contributed by atoms with Crippen molar-refractivity contribution in [3.63, 3.8) is 0 Å². The summed E-state index contributed by atoms with van der Waals surface area (Å²) in [5.41, 5.74) is 1.58. The number of methoxy groups -OCH3 is 1. The number of anilines is 1. The zero-order valence-corrected chi connectivity index (χ0v) is 16.4. The van der Waals surface area contributed by atoms with E-state index in [0.717, 1.165) is 0 Å². The summed E-state index contributed by atoms with van der Waals surface area (Å²) in [5, 5.41) is 5.91. The summed E-state index contributed by atoms with van der Waals surface area (Å²) >= 11 is 6.23. The van der Waals surface area contributed by atoms with Gasteiger partial charge in [-0.3, -0.25) is 9.59 Å². The zero-order chi connectivity index (χ0) is 20.6. The first-order valence-electron chi connectivity index (χ1n) is 8.85. The van der Waals surface area contributed by atoms with Gasteiger partial charge in [0, 0.05) is 10.6 Å². The van der Waals surface area contributed by atoms with Crippen molar-refractivity contribution in [1.29, 1.82) is 0 Å². The van der Waals surface area contributed by atoms with Crippen LogP contribution in [-0.4, -0.2) is 18.9 Å². The summed E-state index contributed by atoms with van der Waals surface area (Å²) in [5.74, 6) is -0.398. The molecule has 6 heteroatoms. The number of rotatable bonds is 6. The number of hydrogen-bond acceptors (Lipinski definition) is 3. The Kier molecular flexibility index (Phi) is 6.66. The lowest BCUT2D eigenvalue weighted by Gasteiger charge is -2.13. The Morgan fingerprint density at radius 2 is 1.55 bits per heavy atom. The van der Waals surface area contributed by atoms with Crippen molar-refractivity contribution in [1.82, 2.24) is 5.32 Å². The van der Waals surface area contributed by atoms with E-state index in [1.54, 1.807) is 72.8 Å². The van der Waals surface area contributed by atoms with Crippen molar-refractivity contribution in [2.24, 2.45) is 0 Å². The van der Waals surface area contributed by atoms with E-state index in [2.05, 4.69) is 10.6 Å². The number of amides is 2. The number of carbonyl (C=O) groups excluding carboxylic acids is 2. The zero-order valence-electron chi connectivity index (χ0n) is 15.7. The van der Waals surface area contributed by atoms with Gasteiger partial charge in [0.15, 0.2) is 0 Å². The van der Waals surface area contributed by atoms with Crippen molar-refractivity contribution in [2.75, 3.05) is 12.4 Å². The van der Waals surface area contributed by atoms with Crippen LogP contribution >= 0.6 is 11.6 Å². The van der Waals surface area contributed by atoms with Crippen molar-refractivity contribution in [3.05, 3.63) is 101 Å². The third-order valence-electron chi connectivity index (χ3n) is 4.09. The van der Waals surface area contributed by atoms with E-state index in [-0.39, 0.29) is 5.70 Å². The van der Waals surface area contributed by atoms with Gasteiger partial charge in [-0.1, -0.05) is 60.1 Å². The average molecular weight is 407 g/mol. The second-order valence-corrected chi connectivity index (χ2v) is 6.46. The minimum Gasteiger partial charge on any atom is -0.495 e. The fraction of sp³-hybridized carbons (Fsp3) is 0.0435. The van der Waals surface area contributed by atoms with Gasteiger partial charge in [-0.15, -0.1) is 0 Å². The molecule has 0 spiro atoms. The number of carbonyl (C=O) groups is 2. The highest BCUT2D eigenvalue weighted by Gasteiger charge is 2.16. The van der Waals surface area contributed by atoms with E-state index in [4.69, 9.17) is 16.3 Å². The van der Waals surface area contributed by atoms with Crippen molar-refractivity contribution >= 4 is 35.2 Å². The lowest BCUT2D eigenvalue weighted by atomic mass is 10.1. The molecule has 0 heterocycles. The molecule has 0 aliphatic rings. The molecule has 3 aromatic rings. The summed E-state index contributed by atoms with van der Waals surface area (Å²) < 4.78 is 5.27. The van der Waals surface area contributed by atoms with Gasteiger partial charge in [0.2, 0.25) is 0 Å². The Morgan fingerprint density at radius 3 is 2.28 bits per heavy atom. The van der Waals surface area contributed by atoms with Gasteiger partial charge in [-0.2, -0.15) is 0 Å².